The molecule has 2 aromatic rings. The third-order valence-electron chi connectivity index (χ3n) is 5.26. The van der Waals surface area contributed by atoms with Crippen molar-refractivity contribution in [2.75, 3.05) is 32.1 Å². The molecule has 27 heavy (non-hydrogen) atoms. The molecular weight excluding hydrogens is 340 g/mol. The van der Waals surface area contributed by atoms with Crippen molar-refractivity contribution in [2.45, 2.75) is 32.3 Å². The summed E-state index contributed by atoms with van der Waals surface area (Å²) in [5, 5.41) is 10.6. The zero-order valence-corrected chi connectivity index (χ0v) is 16.3. The number of hydrogen-bond donors (Lipinski definition) is 1. The molecule has 1 amide bonds. The second-order valence-electron chi connectivity index (χ2n) is 7.45. The van der Waals surface area contributed by atoms with Gasteiger partial charge < -0.3 is 14.9 Å². The van der Waals surface area contributed by atoms with E-state index in [2.05, 4.69) is 9.97 Å². The molecule has 6 heteroatoms. The molecule has 1 aliphatic rings. The molecule has 0 bridgehead atoms. The first kappa shape index (κ1) is 19.3. The highest BCUT2D eigenvalue weighted by Gasteiger charge is 2.29. The number of aliphatic hydroxyl groups is 1. The highest BCUT2D eigenvalue weighted by molar-refractivity contribution is 5.95. The highest BCUT2D eigenvalue weighted by Crippen LogP contribution is 2.24. The first-order valence-corrected chi connectivity index (χ1v) is 9.48. The monoisotopic (exact) mass is 368 g/mol. The lowest BCUT2D eigenvalue weighted by Crippen LogP contribution is -2.42. The quantitative estimate of drug-likeness (QED) is 0.877. The minimum atomic E-state index is -0.367. The highest BCUT2D eigenvalue weighted by atomic mass is 16.3. The molecule has 1 aromatic heterocycles. The van der Waals surface area contributed by atoms with E-state index in [1.54, 1.807) is 6.20 Å². The van der Waals surface area contributed by atoms with Crippen molar-refractivity contribution in [1.29, 1.82) is 0 Å². The number of aliphatic hydroxyl groups excluding tert-OH is 1. The predicted octanol–water partition coefficient (Wildman–Crippen LogP) is 2.31. The largest absolute Gasteiger partial charge is 0.392 e. The van der Waals surface area contributed by atoms with Crippen LogP contribution in [-0.4, -0.2) is 59.2 Å². The van der Waals surface area contributed by atoms with Gasteiger partial charge in [-0.05, 0) is 37.7 Å². The average molecular weight is 368 g/mol. The van der Waals surface area contributed by atoms with E-state index in [1.807, 2.05) is 61.2 Å². The Morgan fingerprint density at radius 3 is 2.52 bits per heavy atom. The summed E-state index contributed by atoms with van der Waals surface area (Å²) in [6, 6.07) is 10.1. The van der Waals surface area contributed by atoms with E-state index in [0.29, 0.717) is 36.7 Å². The zero-order chi connectivity index (χ0) is 19.4. The average Bonchev–Trinajstić information content (AvgIpc) is 2.68. The second-order valence-corrected chi connectivity index (χ2v) is 7.45. The van der Waals surface area contributed by atoms with Crippen molar-refractivity contribution in [3.8, 4) is 0 Å². The number of likely N-dealkylation sites (tertiary alicyclic amines) is 1. The van der Waals surface area contributed by atoms with Gasteiger partial charge in [0, 0.05) is 33.4 Å². The van der Waals surface area contributed by atoms with E-state index >= 15 is 0 Å². The van der Waals surface area contributed by atoms with Gasteiger partial charge in [0.2, 0.25) is 5.95 Å². The van der Waals surface area contributed by atoms with Crippen LogP contribution in [0.3, 0.4) is 0 Å². The Kier molecular flexibility index (Phi) is 6.06. The summed E-state index contributed by atoms with van der Waals surface area (Å²) in [6.45, 7) is 3.16. The van der Waals surface area contributed by atoms with Crippen LogP contribution in [0.5, 0.6) is 0 Å². The fourth-order valence-electron chi connectivity index (χ4n) is 3.56. The number of aryl methyl sites for hydroxylation is 1. The number of anilines is 1. The van der Waals surface area contributed by atoms with Crippen molar-refractivity contribution in [2.24, 2.45) is 5.92 Å². The summed E-state index contributed by atoms with van der Waals surface area (Å²) >= 11 is 0. The third-order valence-corrected chi connectivity index (χ3v) is 5.26. The van der Waals surface area contributed by atoms with E-state index in [9.17, 15) is 9.90 Å². The number of rotatable bonds is 5. The van der Waals surface area contributed by atoms with Gasteiger partial charge in [-0.3, -0.25) is 4.79 Å². The molecule has 1 aliphatic heterocycles. The molecule has 2 heterocycles. The van der Waals surface area contributed by atoms with Gasteiger partial charge in [-0.25, -0.2) is 9.97 Å². The molecule has 144 valence electrons. The summed E-state index contributed by atoms with van der Waals surface area (Å²) in [5.41, 5.74) is 2.41. The lowest BCUT2D eigenvalue weighted by molar-refractivity contribution is 0.0466. The van der Waals surface area contributed by atoms with Crippen molar-refractivity contribution in [3.63, 3.8) is 0 Å². The maximum absolute atomic E-state index is 12.8. The van der Waals surface area contributed by atoms with Crippen LogP contribution in [0.25, 0.3) is 0 Å². The Balaban J connectivity index is 1.58. The number of nitrogens with zero attached hydrogens (tertiary/aromatic N) is 4. The number of aromatic nitrogens is 2. The Morgan fingerprint density at radius 2 is 1.93 bits per heavy atom. The van der Waals surface area contributed by atoms with Crippen molar-refractivity contribution < 1.29 is 9.90 Å². The van der Waals surface area contributed by atoms with Gasteiger partial charge in [-0.15, -0.1) is 0 Å². The summed E-state index contributed by atoms with van der Waals surface area (Å²) in [6.07, 6.45) is 3.55. The van der Waals surface area contributed by atoms with E-state index in [0.717, 1.165) is 18.4 Å². The Morgan fingerprint density at radius 1 is 1.26 bits per heavy atom. The van der Waals surface area contributed by atoms with Gasteiger partial charge in [-0.2, -0.15) is 0 Å². The normalized spacial score (nSPS) is 16.2. The number of piperidine rings is 1. The topological polar surface area (TPSA) is 69.6 Å². The molecule has 6 nitrogen and oxygen atoms in total. The van der Waals surface area contributed by atoms with E-state index in [1.165, 1.54) is 0 Å². The van der Waals surface area contributed by atoms with Crippen molar-refractivity contribution in [1.82, 2.24) is 14.9 Å². The molecular formula is C21H28N4O2. The smallest absolute Gasteiger partial charge is 0.257 e. The first-order valence-electron chi connectivity index (χ1n) is 9.48. The van der Waals surface area contributed by atoms with Gasteiger partial charge in [0.15, 0.2) is 0 Å². The minimum Gasteiger partial charge on any atom is -0.392 e. The predicted molar refractivity (Wildman–Crippen MR) is 106 cm³/mol. The standard InChI is InChI=1S/C21H28N4O2/c1-15-18(14-22-21(23-15)24(2)3)20(27)25-11-9-17(10-12-25)19(26)13-16-7-5-4-6-8-16/h4-8,14,17,19,26H,9-13H2,1-3H3/t19-/m1/s1. The lowest BCUT2D eigenvalue weighted by Gasteiger charge is -2.34. The SMILES string of the molecule is Cc1nc(N(C)C)ncc1C(=O)N1CCC([C@H](O)Cc2ccccc2)CC1. The number of carbonyl (C=O) groups is 1. The van der Waals surface area contributed by atoms with Crippen molar-refractivity contribution >= 4 is 11.9 Å². The van der Waals surface area contributed by atoms with Crippen LogP contribution in [0, 0.1) is 12.8 Å². The molecule has 0 radical (unpaired) electrons. The first-order chi connectivity index (χ1) is 13.0. The summed E-state index contributed by atoms with van der Waals surface area (Å²) in [4.78, 5) is 25.2. The van der Waals surface area contributed by atoms with Crippen LogP contribution >= 0.6 is 0 Å². The maximum Gasteiger partial charge on any atom is 0.257 e. The van der Waals surface area contributed by atoms with E-state index < -0.39 is 0 Å². The summed E-state index contributed by atoms with van der Waals surface area (Å²) < 4.78 is 0. The fourth-order valence-corrected chi connectivity index (χ4v) is 3.56. The molecule has 0 unspecified atom stereocenters. The zero-order valence-electron chi connectivity index (χ0n) is 16.3. The van der Waals surface area contributed by atoms with Crippen LogP contribution in [0.4, 0.5) is 5.95 Å². The van der Waals surface area contributed by atoms with Crippen LogP contribution in [0.1, 0.15) is 34.5 Å². The molecule has 1 saturated heterocycles. The third kappa shape index (κ3) is 4.63. The lowest BCUT2D eigenvalue weighted by atomic mass is 9.87. The van der Waals surface area contributed by atoms with Gasteiger partial charge in [0.25, 0.3) is 5.91 Å². The minimum absolute atomic E-state index is 0.0196. The van der Waals surface area contributed by atoms with Gasteiger partial charge >= 0.3 is 0 Å². The number of benzene rings is 1. The number of hydrogen-bond acceptors (Lipinski definition) is 5. The molecule has 0 spiro atoms. The molecule has 1 atom stereocenters. The van der Waals surface area contributed by atoms with Gasteiger partial charge in [-0.1, -0.05) is 30.3 Å². The number of carbonyl (C=O) groups excluding carboxylic acids is 1. The van der Waals surface area contributed by atoms with E-state index in [-0.39, 0.29) is 17.9 Å². The van der Waals surface area contributed by atoms with Crippen molar-refractivity contribution in [3.05, 3.63) is 53.3 Å². The summed E-state index contributed by atoms with van der Waals surface area (Å²) in [7, 11) is 3.75. The van der Waals surface area contributed by atoms with Gasteiger partial charge in [0.1, 0.15) is 0 Å². The van der Waals surface area contributed by atoms with Gasteiger partial charge in [0.05, 0.1) is 17.4 Å². The van der Waals surface area contributed by atoms with E-state index in [4.69, 9.17) is 0 Å². The fraction of sp³-hybridized carbons (Fsp3) is 0.476. The second kappa shape index (κ2) is 8.48. The molecule has 1 N–H and O–H groups in total. The van der Waals surface area contributed by atoms with Crippen LogP contribution in [0.15, 0.2) is 36.5 Å². The molecule has 0 saturated carbocycles. The Bertz CT molecular complexity index is 771. The van der Waals surface area contributed by atoms with Crippen LogP contribution in [-0.2, 0) is 6.42 Å². The summed E-state index contributed by atoms with van der Waals surface area (Å²) in [5.74, 6) is 0.809. The van der Waals surface area contributed by atoms with Crippen LogP contribution in [0.2, 0.25) is 0 Å². The Hall–Kier alpha value is -2.47. The molecule has 1 aromatic carbocycles. The molecule has 1 fully saturated rings. The van der Waals surface area contributed by atoms with Crippen LogP contribution < -0.4 is 4.90 Å². The molecule has 3 rings (SSSR count). The maximum atomic E-state index is 12.8. The molecule has 0 aliphatic carbocycles. The number of amides is 1. The Labute approximate surface area is 160 Å².